The molecule has 2 amide bonds. The molecule has 3 rings (SSSR count). The Morgan fingerprint density at radius 2 is 1.81 bits per heavy atom. The minimum absolute atomic E-state index is 0.0546. The predicted octanol–water partition coefficient (Wildman–Crippen LogP) is 2.41. The number of hydrogen-bond acceptors (Lipinski definition) is 3. The van der Waals surface area contributed by atoms with E-state index in [1.807, 2.05) is 30.3 Å². The molecule has 5 heteroatoms. The zero-order valence-corrected chi connectivity index (χ0v) is 15.2. The van der Waals surface area contributed by atoms with Crippen LogP contribution in [0.3, 0.4) is 0 Å². The molecule has 2 aliphatic carbocycles. The molecular weight excluding hydrogens is 328 g/mol. The Balaban J connectivity index is 1.47. The van der Waals surface area contributed by atoms with Gasteiger partial charge >= 0.3 is 11.8 Å². The van der Waals surface area contributed by atoms with Crippen LogP contribution in [0, 0.1) is 5.92 Å². The molecule has 0 aromatic heterocycles. The standard InChI is InChI=1S/C21H28N2O3/c24-19(22-14-13-16-7-3-1-4-8-16)20(25)23-15-21(26,18-11-12-18)17-9-5-2-6-10-17/h2,5-7,9-10,18,26H,1,3-4,8,11-15H2,(H,22,24)(H,23,25)/t21-/m0/s1. The molecular formula is C21H28N2O3. The Hall–Kier alpha value is -2.14. The van der Waals surface area contributed by atoms with Gasteiger partial charge in [0.2, 0.25) is 0 Å². The van der Waals surface area contributed by atoms with Crippen LogP contribution in [0.4, 0.5) is 0 Å². The van der Waals surface area contributed by atoms with E-state index in [4.69, 9.17) is 0 Å². The van der Waals surface area contributed by atoms with E-state index < -0.39 is 17.4 Å². The summed E-state index contributed by atoms with van der Waals surface area (Å²) in [4.78, 5) is 24.1. The topological polar surface area (TPSA) is 78.4 Å². The first-order valence-electron chi connectivity index (χ1n) is 9.61. The summed E-state index contributed by atoms with van der Waals surface area (Å²) in [5.74, 6) is -1.18. The lowest BCUT2D eigenvalue weighted by molar-refractivity contribution is -0.140. The molecule has 0 aliphatic heterocycles. The van der Waals surface area contributed by atoms with Gasteiger partial charge in [-0.1, -0.05) is 42.0 Å². The van der Waals surface area contributed by atoms with Crippen molar-refractivity contribution in [3.63, 3.8) is 0 Å². The van der Waals surface area contributed by atoms with Crippen LogP contribution in [0.5, 0.6) is 0 Å². The Bertz CT molecular complexity index is 667. The lowest BCUT2D eigenvalue weighted by atomic mass is 9.88. The maximum atomic E-state index is 12.1. The molecule has 0 unspecified atom stereocenters. The van der Waals surface area contributed by atoms with Crippen LogP contribution in [-0.2, 0) is 15.2 Å². The van der Waals surface area contributed by atoms with E-state index in [-0.39, 0.29) is 12.5 Å². The van der Waals surface area contributed by atoms with Crippen molar-refractivity contribution in [1.29, 1.82) is 0 Å². The maximum Gasteiger partial charge on any atom is 0.309 e. The summed E-state index contributed by atoms with van der Waals surface area (Å²) in [5.41, 5.74) is 1.04. The highest BCUT2D eigenvalue weighted by Gasteiger charge is 2.45. The average Bonchev–Trinajstić information content (AvgIpc) is 3.53. The number of amides is 2. The summed E-state index contributed by atoms with van der Waals surface area (Å²) in [7, 11) is 0. The van der Waals surface area contributed by atoms with Crippen molar-refractivity contribution in [2.24, 2.45) is 5.92 Å². The zero-order valence-electron chi connectivity index (χ0n) is 15.2. The van der Waals surface area contributed by atoms with Gasteiger partial charge in [0.05, 0.1) is 6.54 Å². The molecule has 0 heterocycles. The highest BCUT2D eigenvalue weighted by Crippen LogP contribution is 2.45. The van der Waals surface area contributed by atoms with Crippen molar-refractivity contribution in [3.05, 3.63) is 47.5 Å². The number of carbonyl (C=O) groups is 2. The number of nitrogens with one attached hydrogen (secondary N) is 2. The van der Waals surface area contributed by atoms with Crippen LogP contribution in [0.25, 0.3) is 0 Å². The van der Waals surface area contributed by atoms with Gasteiger partial charge in [-0.25, -0.2) is 0 Å². The molecule has 1 fully saturated rings. The molecule has 26 heavy (non-hydrogen) atoms. The van der Waals surface area contributed by atoms with Gasteiger partial charge < -0.3 is 15.7 Å². The van der Waals surface area contributed by atoms with E-state index in [1.54, 1.807) is 0 Å². The molecule has 1 saturated carbocycles. The van der Waals surface area contributed by atoms with Crippen molar-refractivity contribution in [2.45, 2.75) is 50.5 Å². The van der Waals surface area contributed by atoms with Gasteiger partial charge in [-0.2, -0.15) is 0 Å². The van der Waals surface area contributed by atoms with Crippen molar-refractivity contribution < 1.29 is 14.7 Å². The normalized spacial score (nSPS) is 19.2. The van der Waals surface area contributed by atoms with E-state index in [1.165, 1.54) is 18.4 Å². The Kier molecular flexibility index (Phi) is 6.09. The smallest absolute Gasteiger partial charge is 0.309 e. The quantitative estimate of drug-likeness (QED) is 0.518. The molecule has 5 nitrogen and oxygen atoms in total. The minimum Gasteiger partial charge on any atom is -0.383 e. The molecule has 0 radical (unpaired) electrons. The molecule has 0 spiro atoms. The highest BCUT2D eigenvalue weighted by molar-refractivity contribution is 6.35. The second-order valence-electron chi connectivity index (χ2n) is 7.36. The molecule has 140 valence electrons. The van der Waals surface area contributed by atoms with E-state index in [2.05, 4.69) is 16.7 Å². The third kappa shape index (κ3) is 4.73. The van der Waals surface area contributed by atoms with Crippen LogP contribution >= 0.6 is 0 Å². The second-order valence-corrected chi connectivity index (χ2v) is 7.36. The van der Waals surface area contributed by atoms with Crippen LogP contribution in [0.1, 0.15) is 50.5 Å². The van der Waals surface area contributed by atoms with E-state index in [0.717, 1.165) is 37.7 Å². The first-order chi connectivity index (χ1) is 12.6. The van der Waals surface area contributed by atoms with Crippen molar-refractivity contribution in [1.82, 2.24) is 10.6 Å². The fourth-order valence-corrected chi connectivity index (χ4v) is 3.61. The molecule has 1 aromatic rings. The predicted molar refractivity (Wildman–Crippen MR) is 100 cm³/mol. The van der Waals surface area contributed by atoms with Crippen LogP contribution < -0.4 is 10.6 Å². The Morgan fingerprint density at radius 1 is 1.08 bits per heavy atom. The summed E-state index contributed by atoms with van der Waals surface area (Å²) in [6, 6.07) is 9.36. The van der Waals surface area contributed by atoms with Crippen LogP contribution in [-0.4, -0.2) is 30.0 Å². The van der Waals surface area contributed by atoms with Gasteiger partial charge in [-0.3, -0.25) is 9.59 Å². The number of aliphatic hydroxyl groups is 1. The minimum atomic E-state index is -1.11. The van der Waals surface area contributed by atoms with Gasteiger partial charge in [0, 0.05) is 6.54 Å². The molecule has 1 atom stereocenters. The number of carbonyl (C=O) groups excluding carboxylic acids is 2. The number of hydrogen-bond donors (Lipinski definition) is 3. The third-order valence-corrected chi connectivity index (χ3v) is 5.37. The fourth-order valence-electron chi connectivity index (χ4n) is 3.61. The summed E-state index contributed by atoms with van der Waals surface area (Å²) in [6.07, 6.45) is 9.56. The largest absolute Gasteiger partial charge is 0.383 e. The first-order valence-corrected chi connectivity index (χ1v) is 9.61. The molecule has 0 bridgehead atoms. The fraction of sp³-hybridized carbons (Fsp3) is 0.524. The second kappa shape index (κ2) is 8.49. The molecule has 2 aliphatic rings. The zero-order chi connectivity index (χ0) is 18.4. The molecule has 1 aromatic carbocycles. The average molecular weight is 356 g/mol. The van der Waals surface area contributed by atoms with Crippen molar-refractivity contribution >= 4 is 11.8 Å². The summed E-state index contributed by atoms with van der Waals surface area (Å²) in [5, 5.41) is 16.3. The van der Waals surface area contributed by atoms with Crippen LogP contribution in [0.2, 0.25) is 0 Å². The monoisotopic (exact) mass is 356 g/mol. The SMILES string of the molecule is O=C(NCCC1=CCCCC1)C(=O)NC[C@](O)(c1ccccc1)C1CC1. The van der Waals surface area contributed by atoms with E-state index in [9.17, 15) is 14.7 Å². The van der Waals surface area contributed by atoms with Crippen molar-refractivity contribution in [3.8, 4) is 0 Å². The lowest BCUT2D eigenvalue weighted by Gasteiger charge is -2.29. The number of rotatable bonds is 7. The maximum absolute atomic E-state index is 12.1. The highest BCUT2D eigenvalue weighted by atomic mass is 16.3. The van der Waals surface area contributed by atoms with Gasteiger partial charge in [0.1, 0.15) is 5.60 Å². The first kappa shape index (κ1) is 18.6. The van der Waals surface area contributed by atoms with Crippen molar-refractivity contribution in [2.75, 3.05) is 13.1 Å². The molecule has 0 saturated heterocycles. The summed E-state index contributed by atoms with van der Waals surface area (Å²) < 4.78 is 0. The van der Waals surface area contributed by atoms with Gasteiger partial charge in [-0.05, 0) is 56.4 Å². The number of allylic oxidation sites excluding steroid dienone is 1. The summed E-state index contributed by atoms with van der Waals surface area (Å²) >= 11 is 0. The Morgan fingerprint density at radius 3 is 2.46 bits per heavy atom. The molecule has 3 N–H and O–H groups in total. The third-order valence-electron chi connectivity index (χ3n) is 5.37. The van der Waals surface area contributed by atoms with Gasteiger partial charge in [-0.15, -0.1) is 0 Å². The van der Waals surface area contributed by atoms with Gasteiger partial charge in [0.15, 0.2) is 0 Å². The van der Waals surface area contributed by atoms with Crippen LogP contribution in [0.15, 0.2) is 42.0 Å². The lowest BCUT2D eigenvalue weighted by Crippen LogP contribution is -2.47. The summed E-state index contributed by atoms with van der Waals surface area (Å²) in [6.45, 7) is 0.531. The Labute approximate surface area is 154 Å². The van der Waals surface area contributed by atoms with Gasteiger partial charge in [0.25, 0.3) is 0 Å². The van der Waals surface area contributed by atoms with E-state index >= 15 is 0 Å². The number of benzene rings is 1. The van der Waals surface area contributed by atoms with E-state index in [0.29, 0.717) is 6.54 Å².